The highest BCUT2D eigenvalue weighted by atomic mass is 127. The second-order valence-corrected chi connectivity index (χ2v) is 7.52. The molecule has 1 amide bonds. The van der Waals surface area contributed by atoms with Crippen molar-refractivity contribution >= 4 is 34.1 Å². The zero-order chi connectivity index (χ0) is 20.9. The lowest BCUT2D eigenvalue weighted by Gasteiger charge is -2.09. The van der Waals surface area contributed by atoms with Crippen LogP contribution in [0.15, 0.2) is 60.7 Å². The Morgan fingerprint density at radius 2 is 1.87 bits per heavy atom. The maximum atomic E-state index is 12.2. The minimum atomic E-state index is -0.143. The van der Waals surface area contributed by atoms with Crippen molar-refractivity contribution in [3.05, 3.63) is 69.8 Å². The summed E-state index contributed by atoms with van der Waals surface area (Å²) in [4.78, 5) is 12.2. The number of para-hydroxylation sites is 1. The molecule has 2 heterocycles. The van der Waals surface area contributed by atoms with Crippen LogP contribution in [0.3, 0.4) is 0 Å². The lowest BCUT2D eigenvalue weighted by molar-refractivity contribution is 0.0946. The zero-order valence-electron chi connectivity index (χ0n) is 16.1. The van der Waals surface area contributed by atoms with Gasteiger partial charge in [-0.25, -0.2) is 0 Å². The van der Waals surface area contributed by atoms with Crippen LogP contribution < -0.4 is 14.8 Å². The number of aromatic nitrogens is 4. The van der Waals surface area contributed by atoms with Crippen molar-refractivity contribution < 1.29 is 14.3 Å². The topological polar surface area (TPSA) is 90.6 Å². The number of nitrogens with zero attached hydrogens (tertiary/aromatic N) is 4. The standard InChI is InChI=1S/C21H18IN5O3/c1-29-17-5-3-2-4-16(17)20-25-24-18-10-11-19(26-27(18)20)30-13-12-23-21(28)14-6-8-15(22)9-7-14/h2-11H,12-13H2,1H3,(H,23,28). The molecule has 0 fully saturated rings. The molecule has 0 atom stereocenters. The van der Waals surface area contributed by atoms with Crippen molar-refractivity contribution in [3.8, 4) is 23.0 Å². The number of ether oxygens (including phenoxy) is 2. The van der Waals surface area contributed by atoms with Gasteiger partial charge in [0.15, 0.2) is 11.5 Å². The van der Waals surface area contributed by atoms with E-state index in [9.17, 15) is 4.79 Å². The molecule has 4 rings (SSSR count). The van der Waals surface area contributed by atoms with Crippen LogP contribution in [0.4, 0.5) is 0 Å². The minimum absolute atomic E-state index is 0.143. The van der Waals surface area contributed by atoms with Crippen LogP contribution in [-0.4, -0.2) is 46.0 Å². The first kappa shape index (κ1) is 20.1. The molecule has 0 spiro atoms. The third-order valence-electron chi connectivity index (χ3n) is 4.33. The Morgan fingerprint density at radius 1 is 1.07 bits per heavy atom. The van der Waals surface area contributed by atoms with Gasteiger partial charge in [-0.3, -0.25) is 4.79 Å². The van der Waals surface area contributed by atoms with Crippen molar-refractivity contribution in [2.75, 3.05) is 20.3 Å². The van der Waals surface area contributed by atoms with Gasteiger partial charge in [0, 0.05) is 15.2 Å². The number of carbonyl (C=O) groups excluding carboxylic acids is 1. The molecule has 0 radical (unpaired) electrons. The summed E-state index contributed by atoms with van der Waals surface area (Å²) < 4.78 is 13.8. The highest BCUT2D eigenvalue weighted by molar-refractivity contribution is 14.1. The van der Waals surface area contributed by atoms with E-state index >= 15 is 0 Å². The quantitative estimate of drug-likeness (QED) is 0.301. The number of halogens is 1. The molecule has 0 aliphatic heterocycles. The average molecular weight is 515 g/mol. The highest BCUT2D eigenvalue weighted by Crippen LogP contribution is 2.28. The molecular formula is C21H18IN5O3. The van der Waals surface area contributed by atoms with Crippen molar-refractivity contribution in [2.24, 2.45) is 0 Å². The molecule has 30 heavy (non-hydrogen) atoms. The second-order valence-electron chi connectivity index (χ2n) is 6.28. The van der Waals surface area contributed by atoms with Gasteiger partial charge in [-0.1, -0.05) is 12.1 Å². The summed E-state index contributed by atoms with van der Waals surface area (Å²) in [5.74, 6) is 1.50. The molecule has 1 N–H and O–H groups in total. The molecule has 2 aromatic carbocycles. The Balaban J connectivity index is 1.43. The summed E-state index contributed by atoms with van der Waals surface area (Å²) in [6.07, 6.45) is 0. The fourth-order valence-corrected chi connectivity index (χ4v) is 3.23. The van der Waals surface area contributed by atoms with Crippen LogP contribution in [0.2, 0.25) is 0 Å². The number of carbonyl (C=O) groups is 1. The largest absolute Gasteiger partial charge is 0.496 e. The second kappa shape index (κ2) is 9.08. The summed E-state index contributed by atoms with van der Waals surface area (Å²) in [5, 5.41) is 15.7. The molecule has 0 saturated heterocycles. The molecule has 0 aliphatic carbocycles. The molecule has 0 aliphatic rings. The molecule has 0 bridgehead atoms. The van der Waals surface area contributed by atoms with Gasteiger partial charge < -0.3 is 14.8 Å². The first-order chi connectivity index (χ1) is 14.7. The number of rotatable bonds is 7. The maximum absolute atomic E-state index is 12.2. The Kier molecular flexibility index (Phi) is 6.07. The lowest BCUT2D eigenvalue weighted by atomic mass is 10.2. The summed E-state index contributed by atoms with van der Waals surface area (Å²) in [7, 11) is 1.61. The number of hydrogen-bond donors (Lipinski definition) is 1. The fraction of sp³-hybridized carbons (Fsp3) is 0.143. The van der Waals surface area contributed by atoms with Gasteiger partial charge in [0.2, 0.25) is 5.88 Å². The van der Waals surface area contributed by atoms with Crippen LogP contribution >= 0.6 is 22.6 Å². The number of amides is 1. The van der Waals surface area contributed by atoms with Crippen molar-refractivity contribution in [3.63, 3.8) is 0 Å². The number of fused-ring (bicyclic) bond motifs is 1. The van der Waals surface area contributed by atoms with Crippen LogP contribution in [0.5, 0.6) is 11.6 Å². The number of hydrogen-bond acceptors (Lipinski definition) is 6. The Morgan fingerprint density at radius 3 is 2.67 bits per heavy atom. The summed E-state index contributed by atoms with van der Waals surface area (Å²) in [6.45, 7) is 0.632. The first-order valence-electron chi connectivity index (χ1n) is 9.18. The van der Waals surface area contributed by atoms with E-state index in [1.807, 2.05) is 36.4 Å². The minimum Gasteiger partial charge on any atom is -0.496 e. The lowest BCUT2D eigenvalue weighted by Crippen LogP contribution is -2.28. The molecule has 4 aromatic rings. The Labute approximate surface area is 186 Å². The highest BCUT2D eigenvalue weighted by Gasteiger charge is 2.14. The molecule has 152 valence electrons. The van der Waals surface area contributed by atoms with Crippen LogP contribution in [0.1, 0.15) is 10.4 Å². The number of nitrogens with one attached hydrogen (secondary N) is 1. The van der Waals surface area contributed by atoms with Crippen LogP contribution in [-0.2, 0) is 0 Å². The van der Waals surface area contributed by atoms with Crippen molar-refractivity contribution in [1.82, 2.24) is 25.1 Å². The first-order valence-corrected chi connectivity index (χ1v) is 10.3. The van der Waals surface area contributed by atoms with Gasteiger partial charge >= 0.3 is 0 Å². The molecule has 9 heteroatoms. The fourth-order valence-electron chi connectivity index (χ4n) is 2.87. The normalized spacial score (nSPS) is 10.7. The van der Waals surface area contributed by atoms with E-state index in [0.717, 1.165) is 9.13 Å². The molecule has 0 unspecified atom stereocenters. The van der Waals surface area contributed by atoms with Crippen LogP contribution in [0.25, 0.3) is 17.0 Å². The van der Waals surface area contributed by atoms with Crippen LogP contribution in [0, 0.1) is 3.57 Å². The zero-order valence-corrected chi connectivity index (χ0v) is 18.2. The Hall–Kier alpha value is -3.21. The van der Waals surface area contributed by atoms with Gasteiger partial charge in [0.25, 0.3) is 5.91 Å². The predicted octanol–water partition coefficient (Wildman–Crippen LogP) is 3.21. The number of methoxy groups -OCH3 is 1. The van der Waals surface area contributed by atoms with E-state index in [4.69, 9.17) is 9.47 Å². The molecule has 2 aromatic heterocycles. The molecular weight excluding hydrogens is 497 g/mol. The van der Waals surface area contributed by atoms with Gasteiger partial charge in [-0.05, 0) is 65.1 Å². The summed E-state index contributed by atoms with van der Waals surface area (Å²) in [6, 6.07) is 18.4. The SMILES string of the molecule is COc1ccccc1-c1nnc2ccc(OCCNC(=O)c3ccc(I)cc3)nn12. The number of benzene rings is 2. The van der Waals surface area contributed by atoms with E-state index in [0.29, 0.717) is 35.2 Å². The molecule has 0 saturated carbocycles. The van der Waals surface area contributed by atoms with E-state index in [1.165, 1.54) is 0 Å². The van der Waals surface area contributed by atoms with Gasteiger partial charge in [-0.15, -0.1) is 15.3 Å². The van der Waals surface area contributed by atoms with E-state index < -0.39 is 0 Å². The van der Waals surface area contributed by atoms with Crippen molar-refractivity contribution in [1.29, 1.82) is 0 Å². The van der Waals surface area contributed by atoms with E-state index in [2.05, 4.69) is 43.2 Å². The Bertz CT molecular complexity index is 1180. The summed E-state index contributed by atoms with van der Waals surface area (Å²) in [5.41, 5.74) is 1.98. The summed E-state index contributed by atoms with van der Waals surface area (Å²) >= 11 is 2.20. The maximum Gasteiger partial charge on any atom is 0.251 e. The van der Waals surface area contributed by atoms with Gasteiger partial charge in [0.05, 0.1) is 19.2 Å². The van der Waals surface area contributed by atoms with Gasteiger partial charge in [0.1, 0.15) is 12.4 Å². The average Bonchev–Trinajstić information content (AvgIpc) is 3.20. The van der Waals surface area contributed by atoms with E-state index in [1.54, 1.807) is 35.9 Å². The molecule has 8 nitrogen and oxygen atoms in total. The van der Waals surface area contributed by atoms with E-state index in [-0.39, 0.29) is 12.5 Å². The van der Waals surface area contributed by atoms with Gasteiger partial charge in [-0.2, -0.15) is 4.52 Å². The van der Waals surface area contributed by atoms with Crippen molar-refractivity contribution in [2.45, 2.75) is 0 Å². The third kappa shape index (κ3) is 4.35. The third-order valence-corrected chi connectivity index (χ3v) is 5.05. The smallest absolute Gasteiger partial charge is 0.251 e. The monoisotopic (exact) mass is 515 g/mol. The predicted molar refractivity (Wildman–Crippen MR) is 120 cm³/mol.